The van der Waals surface area contributed by atoms with Gasteiger partial charge in [-0.3, -0.25) is 14.4 Å². The molecule has 2 bridgehead atoms. The third kappa shape index (κ3) is 1.87. The highest BCUT2D eigenvalue weighted by Crippen LogP contribution is 2.57. The Bertz CT molecular complexity index is 1090. The number of esters is 1. The molecule has 4 aliphatic rings. The minimum absolute atomic E-state index is 0.0983. The first kappa shape index (κ1) is 15.0. The molecule has 6 rings (SSSR count). The van der Waals surface area contributed by atoms with Crippen molar-refractivity contribution in [3.05, 3.63) is 88.0 Å². The standard InChI is InChI=1S/C22H14O4/c1-11(23)26-12-6-7-15-16(10-12)20-14-5-3-2-4-13(14)19(15)21-17(24)8-9-18(25)22(20)21/h2-10,19-20H,1H3. The van der Waals surface area contributed by atoms with Crippen molar-refractivity contribution < 1.29 is 19.1 Å². The first-order valence-corrected chi connectivity index (χ1v) is 8.48. The summed E-state index contributed by atoms with van der Waals surface area (Å²) in [5, 5.41) is 0. The van der Waals surface area contributed by atoms with Gasteiger partial charge >= 0.3 is 5.97 Å². The fourth-order valence-electron chi connectivity index (χ4n) is 4.48. The van der Waals surface area contributed by atoms with Crippen molar-refractivity contribution in [3.63, 3.8) is 0 Å². The lowest BCUT2D eigenvalue weighted by Crippen LogP contribution is -2.35. The summed E-state index contributed by atoms with van der Waals surface area (Å²) in [6, 6.07) is 13.4. The molecule has 0 aromatic heterocycles. The van der Waals surface area contributed by atoms with E-state index in [1.165, 1.54) is 19.1 Å². The minimum atomic E-state index is -0.391. The van der Waals surface area contributed by atoms with Crippen molar-refractivity contribution in [2.45, 2.75) is 18.8 Å². The molecule has 4 heteroatoms. The lowest BCUT2D eigenvalue weighted by Gasteiger charge is -2.43. The first-order chi connectivity index (χ1) is 12.6. The van der Waals surface area contributed by atoms with Gasteiger partial charge in [0.25, 0.3) is 0 Å². The van der Waals surface area contributed by atoms with Crippen molar-refractivity contribution in [2.24, 2.45) is 0 Å². The maximum Gasteiger partial charge on any atom is 0.308 e. The predicted molar refractivity (Wildman–Crippen MR) is 94.1 cm³/mol. The highest BCUT2D eigenvalue weighted by atomic mass is 16.5. The van der Waals surface area contributed by atoms with Crippen molar-refractivity contribution in [3.8, 4) is 5.75 Å². The molecule has 2 atom stereocenters. The fraction of sp³-hybridized carbons (Fsp3) is 0.136. The Hall–Kier alpha value is -3.27. The van der Waals surface area contributed by atoms with E-state index in [0.717, 1.165) is 22.3 Å². The van der Waals surface area contributed by atoms with Gasteiger partial charge in [0.1, 0.15) is 5.75 Å². The van der Waals surface area contributed by atoms with Crippen LogP contribution in [-0.4, -0.2) is 17.5 Å². The van der Waals surface area contributed by atoms with Crippen LogP contribution in [0.3, 0.4) is 0 Å². The fourth-order valence-corrected chi connectivity index (χ4v) is 4.48. The molecule has 0 aliphatic heterocycles. The van der Waals surface area contributed by atoms with E-state index >= 15 is 0 Å². The molecule has 4 aliphatic carbocycles. The van der Waals surface area contributed by atoms with E-state index in [1.807, 2.05) is 36.4 Å². The molecule has 0 spiro atoms. The molecule has 0 heterocycles. The zero-order valence-corrected chi connectivity index (χ0v) is 14.0. The number of carbonyl (C=O) groups is 3. The normalized spacial score (nSPS) is 22.0. The summed E-state index contributed by atoms with van der Waals surface area (Å²) in [5.41, 5.74) is 5.20. The molecular formula is C22H14O4. The van der Waals surface area contributed by atoms with Crippen LogP contribution in [-0.2, 0) is 14.4 Å². The van der Waals surface area contributed by atoms with Gasteiger partial charge in [0, 0.05) is 29.9 Å². The van der Waals surface area contributed by atoms with Crippen molar-refractivity contribution in [1.82, 2.24) is 0 Å². The molecule has 2 aromatic carbocycles. The summed E-state index contributed by atoms with van der Waals surface area (Å²) in [7, 11) is 0. The zero-order valence-electron chi connectivity index (χ0n) is 14.0. The van der Waals surface area contributed by atoms with Gasteiger partial charge in [-0.1, -0.05) is 30.3 Å². The number of carbonyl (C=O) groups excluding carboxylic acids is 3. The third-order valence-electron chi connectivity index (χ3n) is 5.34. The Labute approximate surface area is 149 Å². The summed E-state index contributed by atoms with van der Waals surface area (Å²) in [6.07, 6.45) is 2.73. The van der Waals surface area contributed by atoms with E-state index < -0.39 is 5.97 Å². The highest BCUT2D eigenvalue weighted by Gasteiger charge is 2.47. The van der Waals surface area contributed by atoms with Crippen LogP contribution < -0.4 is 4.74 Å². The zero-order chi connectivity index (χ0) is 18.0. The number of benzene rings is 2. The van der Waals surface area contributed by atoms with Crippen molar-refractivity contribution in [2.75, 3.05) is 0 Å². The monoisotopic (exact) mass is 342 g/mol. The van der Waals surface area contributed by atoms with Crippen LogP contribution in [0.2, 0.25) is 0 Å². The molecule has 0 radical (unpaired) electrons. The lowest BCUT2D eigenvalue weighted by atomic mass is 9.58. The second-order valence-corrected chi connectivity index (χ2v) is 6.77. The molecular weight excluding hydrogens is 328 g/mol. The number of allylic oxidation sites excluding steroid dienone is 4. The second-order valence-electron chi connectivity index (χ2n) is 6.77. The largest absolute Gasteiger partial charge is 0.427 e. The van der Waals surface area contributed by atoms with Gasteiger partial charge < -0.3 is 4.74 Å². The highest BCUT2D eigenvalue weighted by molar-refractivity contribution is 6.23. The molecule has 0 amide bonds. The molecule has 126 valence electrons. The van der Waals surface area contributed by atoms with Gasteiger partial charge in [0.05, 0.1) is 0 Å². The van der Waals surface area contributed by atoms with Crippen molar-refractivity contribution >= 4 is 17.5 Å². The van der Waals surface area contributed by atoms with Gasteiger partial charge in [-0.25, -0.2) is 0 Å². The van der Waals surface area contributed by atoms with E-state index in [2.05, 4.69) is 0 Å². The first-order valence-electron chi connectivity index (χ1n) is 8.48. The number of rotatable bonds is 1. The summed E-state index contributed by atoms with van der Waals surface area (Å²) in [6.45, 7) is 1.36. The van der Waals surface area contributed by atoms with E-state index in [-0.39, 0.29) is 23.4 Å². The second kappa shape index (κ2) is 5.11. The third-order valence-corrected chi connectivity index (χ3v) is 5.34. The van der Waals surface area contributed by atoms with Crippen LogP contribution >= 0.6 is 0 Å². The average molecular weight is 342 g/mol. The van der Waals surface area contributed by atoms with E-state index in [0.29, 0.717) is 16.9 Å². The van der Waals surface area contributed by atoms with Crippen LogP contribution in [0.1, 0.15) is 41.0 Å². The smallest absolute Gasteiger partial charge is 0.308 e. The maximum absolute atomic E-state index is 12.7. The van der Waals surface area contributed by atoms with Gasteiger partial charge in [-0.15, -0.1) is 0 Å². The van der Waals surface area contributed by atoms with E-state index in [1.54, 1.807) is 6.07 Å². The van der Waals surface area contributed by atoms with Crippen LogP contribution in [0, 0.1) is 0 Å². The van der Waals surface area contributed by atoms with Crippen LogP contribution in [0.5, 0.6) is 5.75 Å². The average Bonchev–Trinajstić information content (AvgIpc) is 2.63. The SMILES string of the molecule is CC(=O)Oc1ccc2c(c1)C1C3=C(C(=O)C=CC3=O)C2c2ccccc21. The minimum Gasteiger partial charge on any atom is -0.427 e. The number of hydrogen-bond acceptors (Lipinski definition) is 4. The molecule has 26 heavy (non-hydrogen) atoms. The number of hydrogen-bond donors (Lipinski definition) is 0. The Balaban J connectivity index is 1.79. The summed E-state index contributed by atoms with van der Waals surface area (Å²) in [4.78, 5) is 36.6. The Morgan fingerprint density at radius 3 is 1.92 bits per heavy atom. The lowest BCUT2D eigenvalue weighted by molar-refractivity contribution is -0.131. The van der Waals surface area contributed by atoms with E-state index in [4.69, 9.17) is 4.74 Å². The number of ketones is 2. The number of ether oxygens (including phenoxy) is 1. The van der Waals surface area contributed by atoms with Crippen molar-refractivity contribution in [1.29, 1.82) is 0 Å². The Morgan fingerprint density at radius 2 is 1.35 bits per heavy atom. The molecule has 2 unspecified atom stereocenters. The molecule has 0 saturated carbocycles. The molecule has 0 N–H and O–H groups in total. The summed E-state index contributed by atoms with van der Waals surface area (Å²) < 4.78 is 5.24. The summed E-state index contributed by atoms with van der Waals surface area (Å²) in [5.74, 6) is -0.717. The van der Waals surface area contributed by atoms with Gasteiger partial charge in [-0.2, -0.15) is 0 Å². The molecule has 0 saturated heterocycles. The predicted octanol–water partition coefficient (Wildman–Crippen LogP) is 3.21. The van der Waals surface area contributed by atoms with Gasteiger partial charge in [0.15, 0.2) is 11.6 Å². The Kier molecular flexibility index (Phi) is 2.95. The van der Waals surface area contributed by atoms with Gasteiger partial charge in [0.2, 0.25) is 0 Å². The maximum atomic E-state index is 12.7. The molecule has 4 nitrogen and oxygen atoms in total. The van der Waals surface area contributed by atoms with Gasteiger partial charge in [-0.05, 0) is 46.5 Å². The summed E-state index contributed by atoms with van der Waals surface area (Å²) >= 11 is 0. The molecule has 2 aromatic rings. The van der Waals surface area contributed by atoms with Crippen LogP contribution in [0.15, 0.2) is 65.8 Å². The quantitative estimate of drug-likeness (QED) is 0.454. The topological polar surface area (TPSA) is 60.4 Å². The van der Waals surface area contributed by atoms with Crippen LogP contribution in [0.4, 0.5) is 0 Å². The van der Waals surface area contributed by atoms with Crippen LogP contribution in [0.25, 0.3) is 0 Å². The van der Waals surface area contributed by atoms with E-state index in [9.17, 15) is 14.4 Å². The Morgan fingerprint density at radius 1 is 0.808 bits per heavy atom. The molecule has 0 fully saturated rings.